The Morgan fingerprint density at radius 3 is 2.77 bits per heavy atom. The Balaban J connectivity index is 1.80. The van der Waals surface area contributed by atoms with Crippen LogP contribution in [0.25, 0.3) is 0 Å². The van der Waals surface area contributed by atoms with Crippen molar-refractivity contribution in [3.05, 3.63) is 35.6 Å². The average molecular weight is 433 g/mol. The molecule has 10 heteroatoms. The van der Waals surface area contributed by atoms with E-state index in [2.05, 4.69) is 25.5 Å². The summed E-state index contributed by atoms with van der Waals surface area (Å²) in [4.78, 5) is 36.5. The number of allylic oxidation sites excluding steroid dienone is 3. The molecule has 0 aromatic carbocycles. The second-order valence-corrected chi connectivity index (χ2v) is 7.94. The van der Waals surface area contributed by atoms with Crippen LogP contribution in [0.1, 0.15) is 26.7 Å². The van der Waals surface area contributed by atoms with E-state index >= 15 is 0 Å². The van der Waals surface area contributed by atoms with Gasteiger partial charge in [0.2, 0.25) is 0 Å². The van der Waals surface area contributed by atoms with Gasteiger partial charge in [0, 0.05) is 39.5 Å². The molecule has 1 spiro atoms. The molecule has 0 radical (unpaired) electrons. The molecule has 0 saturated carbocycles. The molecule has 168 valence electrons. The Morgan fingerprint density at radius 1 is 1.45 bits per heavy atom. The molecule has 0 aliphatic carbocycles. The lowest BCUT2D eigenvalue weighted by Crippen LogP contribution is -2.57. The van der Waals surface area contributed by atoms with Crippen molar-refractivity contribution >= 4 is 18.0 Å². The van der Waals surface area contributed by atoms with Crippen molar-refractivity contribution in [3.8, 4) is 5.75 Å². The van der Waals surface area contributed by atoms with E-state index in [0.717, 1.165) is 0 Å². The number of ether oxygens (including phenoxy) is 1. The summed E-state index contributed by atoms with van der Waals surface area (Å²) in [5.41, 5.74) is 0.876. The van der Waals surface area contributed by atoms with Crippen LogP contribution < -0.4 is 15.4 Å². The van der Waals surface area contributed by atoms with Crippen LogP contribution in [-0.2, 0) is 9.59 Å². The highest BCUT2D eigenvalue weighted by molar-refractivity contribution is 5.97. The predicted octanol–water partition coefficient (Wildman–Crippen LogP) is 1.47. The van der Waals surface area contributed by atoms with Gasteiger partial charge in [-0.05, 0) is 25.5 Å². The SMILES string of the molecule is COc1cncnc1N/C(C=O)=C/C(C)=C1/C(=O)NC2(CCN(CC(C)F)CC2)N1C. The van der Waals surface area contributed by atoms with Crippen molar-refractivity contribution in [2.75, 3.05) is 39.1 Å². The van der Waals surface area contributed by atoms with Gasteiger partial charge in [-0.15, -0.1) is 0 Å². The van der Waals surface area contributed by atoms with Gasteiger partial charge in [-0.1, -0.05) is 0 Å². The lowest BCUT2D eigenvalue weighted by molar-refractivity contribution is -0.117. The Labute approximate surface area is 181 Å². The summed E-state index contributed by atoms with van der Waals surface area (Å²) in [6, 6.07) is 0. The Hall–Kier alpha value is -3.01. The molecule has 1 amide bonds. The lowest BCUT2D eigenvalue weighted by atomic mass is 9.96. The van der Waals surface area contributed by atoms with Gasteiger partial charge in [0.15, 0.2) is 17.9 Å². The molecule has 31 heavy (non-hydrogen) atoms. The van der Waals surface area contributed by atoms with Gasteiger partial charge >= 0.3 is 0 Å². The van der Waals surface area contributed by atoms with Crippen LogP contribution in [-0.4, -0.2) is 77.6 Å². The topological polar surface area (TPSA) is 99.7 Å². The number of aromatic nitrogens is 2. The Bertz CT molecular complexity index is 893. The summed E-state index contributed by atoms with van der Waals surface area (Å²) in [6.45, 7) is 5.15. The van der Waals surface area contributed by atoms with Gasteiger partial charge in [-0.3, -0.25) is 9.59 Å². The minimum absolute atomic E-state index is 0.187. The number of likely N-dealkylation sites (N-methyl/N-ethyl adjacent to an activating group) is 1. The maximum atomic E-state index is 13.3. The van der Waals surface area contributed by atoms with E-state index in [-0.39, 0.29) is 11.6 Å². The van der Waals surface area contributed by atoms with Crippen LogP contribution in [0.3, 0.4) is 0 Å². The van der Waals surface area contributed by atoms with Gasteiger partial charge in [0.25, 0.3) is 5.91 Å². The van der Waals surface area contributed by atoms with E-state index in [9.17, 15) is 14.0 Å². The minimum atomic E-state index is -0.879. The number of halogens is 1. The van der Waals surface area contributed by atoms with Crippen molar-refractivity contribution in [2.45, 2.75) is 38.5 Å². The van der Waals surface area contributed by atoms with Gasteiger partial charge in [-0.2, -0.15) is 0 Å². The first-order chi connectivity index (χ1) is 14.8. The molecule has 1 atom stereocenters. The molecule has 0 bridgehead atoms. The zero-order valence-electron chi connectivity index (χ0n) is 18.3. The summed E-state index contributed by atoms with van der Waals surface area (Å²) >= 11 is 0. The number of nitrogens with zero attached hydrogens (tertiary/aromatic N) is 4. The van der Waals surface area contributed by atoms with Gasteiger partial charge in [0.1, 0.15) is 23.9 Å². The summed E-state index contributed by atoms with van der Waals surface area (Å²) in [6.07, 6.45) is 5.61. The third-order valence-corrected chi connectivity index (χ3v) is 5.77. The number of rotatable bonds is 7. The first kappa shape index (κ1) is 22.7. The van der Waals surface area contributed by atoms with Gasteiger partial charge < -0.3 is 25.2 Å². The van der Waals surface area contributed by atoms with Crippen molar-refractivity contribution in [1.29, 1.82) is 0 Å². The molecule has 2 N–H and O–H groups in total. The predicted molar refractivity (Wildman–Crippen MR) is 114 cm³/mol. The second kappa shape index (κ2) is 9.42. The first-order valence-electron chi connectivity index (χ1n) is 10.2. The number of likely N-dealkylation sites (tertiary alicyclic amines) is 1. The third-order valence-electron chi connectivity index (χ3n) is 5.77. The molecule has 2 saturated heterocycles. The summed E-state index contributed by atoms with van der Waals surface area (Å²) in [7, 11) is 3.36. The van der Waals surface area contributed by atoms with E-state index in [1.165, 1.54) is 19.6 Å². The van der Waals surface area contributed by atoms with Crippen LogP contribution in [0.5, 0.6) is 5.75 Å². The van der Waals surface area contributed by atoms with Gasteiger partial charge in [-0.25, -0.2) is 14.4 Å². The number of aldehydes is 1. The van der Waals surface area contributed by atoms with Crippen molar-refractivity contribution in [1.82, 2.24) is 25.1 Å². The normalized spacial score (nSPS) is 21.6. The molecule has 3 rings (SSSR count). The number of amides is 1. The number of carbonyl (C=O) groups is 2. The number of alkyl halides is 1. The molecule has 9 nitrogen and oxygen atoms in total. The van der Waals surface area contributed by atoms with Crippen LogP contribution in [0.4, 0.5) is 10.2 Å². The Morgan fingerprint density at radius 2 is 2.16 bits per heavy atom. The molecule has 1 aromatic rings. The molecular weight excluding hydrogens is 403 g/mol. The minimum Gasteiger partial charge on any atom is -0.491 e. The highest BCUT2D eigenvalue weighted by Crippen LogP contribution is 2.35. The van der Waals surface area contributed by atoms with E-state index < -0.39 is 11.8 Å². The molecule has 2 aliphatic heterocycles. The molecule has 1 unspecified atom stereocenters. The highest BCUT2D eigenvalue weighted by atomic mass is 19.1. The Kier molecular flexibility index (Phi) is 6.89. The molecule has 1 aromatic heterocycles. The molecular formula is C21H29FN6O3. The van der Waals surface area contributed by atoms with E-state index in [1.54, 1.807) is 19.9 Å². The lowest BCUT2D eigenvalue weighted by Gasteiger charge is -2.43. The third kappa shape index (κ3) is 4.84. The fourth-order valence-corrected chi connectivity index (χ4v) is 4.18. The van der Waals surface area contributed by atoms with Crippen LogP contribution in [0.15, 0.2) is 35.6 Å². The number of anilines is 1. The molecule has 2 fully saturated rings. The van der Waals surface area contributed by atoms with Crippen LogP contribution in [0.2, 0.25) is 0 Å². The first-order valence-corrected chi connectivity index (χ1v) is 10.2. The standard InChI is InChI=1S/C21H29FN6O3/c1-14(9-16(12-29)25-19-17(31-4)10-23-13-24-19)18-20(30)26-21(27(18)3)5-7-28(8-6-21)11-15(2)22/h9-10,12-13,15H,5-8,11H2,1-4H3,(H,26,30)(H,23,24,25)/b16-9+,18-14-. The van der Waals surface area contributed by atoms with Crippen molar-refractivity contribution in [3.63, 3.8) is 0 Å². The van der Waals surface area contributed by atoms with E-state index in [4.69, 9.17) is 4.74 Å². The van der Waals surface area contributed by atoms with Crippen molar-refractivity contribution < 1.29 is 18.7 Å². The second-order valence-electron chi connectivity index (χ2n) is 7.94. The molecule has 2 aliphatic rings. The summed E-state index contributed by atoms with van der Waals surface area (Å²) in [5, 5.41) is 6.03. The van der Waals surface area contributed by atoms with Crippen molar-refractivity contribution in [2.24, 2.45) is 0 Å². The average Bonchev–Trinajstić information content (AvgIpc) is 2.98. The van der Waals surface area contributed by atoms with E-state index in [1.807, 2.05) is 11.9 Å². The number of nitrogens with one attached hydrogen (secondary N) is 2. The zero-order chi connectivity index (χ0) is 22.6. The number of carbonyl (C=O) groups excluding carboxylic acids is 2. The fourth-order valence-electron chi connectivity index (χ4n) is 4.18. The van der Waals surface area contributed by atoms with E-state index in [0.29, 0.717) is 61.6 Å². The quantitative estimate of drug-likeness (QED) is 0.494. The smallest absolute Gasteiger partial charge is 0.269 e. The zero-order valence-corrected chi connectivity index (χ0v) is 18.3. The fraction of sp³-hybridized carbons (Fsp3) is 0.524. The van der Waals surface area contributed by atoms with Gasteiger partial charge in [0.05, 0.1) is 19.0 Å². The summed E-state index contributed by atoms with van der Waals surface area (Å²) in [5.74, 6) is 0.557. The number of hydrogen-bond acceptors (Lipinski definition) is 8. The maximum absolute atomic E-state index is 13.3. The number of methoxy groups -OCH3 is 1. The highest BCUT2D eigenvalue weighted by Gasteiger charge is 2.47. The number of piperidine rings is 1. The summed E-state index contributed by atoms with van der Waals surface area (Å²) < 4.78 is 18.5. The number of hydrogen-bond donors (Lipinski definition) is 2. The largest absolute Gasteiger partial charge is 0.491 e. The molecule has 3 heterocycles. The van der Waals surface area contributed by atoms with Crippen LogP contribution >= 0.6 is 0 Å². The maximum Gasteiger partial charge on any atom is 0.269 e. The monoisotopic (exact) mass is 432 g/mol. The van der Waals surface area contributed by atoms with Crippen LogP contribution in [0, 0.1) is 0 Å².